The molecule has 19 heavy (non-hydrogen) atoms. The van der Waals surface area contributed by atoms with Gasteiger partial charge in [-0.15, -0.1) is 6.57 Å². The molecule has 0 nitrogen and oxygen atoms in total. The van der Waals surface area contributed by atoms with E-state index in [0.29, 0.717) is 11.6 Å². The lowest BCUT2D eigenvalue weighted by atomic mass is 10.2. The first-order chi connectivity index (χ1) is 8.30. The molecular weight excluding hydrogens is 295 g/mol. The lowest BCUT2D eigenvalue weighted by Gasteiger charge is -2.57. The number of hydrogen-bond donors (Lipinski definition) is 0. The molecule has 0 amide bonds. The molecule has 0 spiro atoms. The second-order valence-electron chi connectivity index (χ2n) is 8.60. The molecule has 116 valence electrons. The molecule has 0 rings (SSSR count). The van der Waals surface area contributed by atoms with E-state index in [1.165, 1.54) is 18.1 Å². The second-order valence-corrected chi connectivity index (χ2v) is 41.1. The van der Waals surface area contributed by atoms with Crippen molar-refractivity contribution in [1.29, 1.82) is 0 Å². The fraction of sp³-hybridized carbons (Fsp3) is 1.00. The summed E-state index contributed by atoms with van der Waals surface area (Å²) in [7, 11) is -3.26. The zero-order chi connectivity index (χ0) is 15.7. The molecule has 0 heterocycles. The minimum absolute atomic E-state index is 0.336. The maximum absolute atomic E-state index is 2.74. The van der Waals surface area contributed by atoms with Crippen LogP contribution >= 0.6 is 6.57 Å². The third-order valence-corrected chi connectivity index (χ3v) is 62.3. The Bertz CT molecular complexity index is 272. The molecule has 0 aromatic rings. The van der Waals surface area contributed by atoms with Crippen LogP contribution in [0.4, 0.5) is 0 Å². The highest BCUT2D eigenvalue weighted by Gasteiger charge is 2.55. The topological polar surface area (TPSA) is 0 Å². The molecule has 0 aromatic heterocycles. The van der Waals surface area contributed by atoms with Crippen molar-refractivity contribution in [3.63, 3.8) is 0 Å². The Kier molecular flexibility index (Phi) is 6.82. The zero-order valence-corrected chi connectivity index (χ0v) is 19.5. The molecule has 0 fully saturated rings. The van der Waals surface area contributed by atoms with Crippen molar-refractivity contribution < 1.29 is 0 Å². The first kappa shape index (κ1) is 20.1. The molecule has 0 aromatic carbocycles. The molecule has 0 N–H and O–H groups in total. The van der Waals surface area contributed by atoms with Gasteiger partial charge in [0.1, 0.15) is 0 Å². The standard InChI is InChI=1S/C15H39PSi3/c1-12-19(13-2,14-3)16(17(7,8)9)18(10,11)15(4,5)6/h12-14H2,1-11H3. The quantitative estimate of drug-likeness (QED) is 0.353. The summed E-state index contributed by atoms with van der Waals surface area (Å²) >= 11 is 0. The zero-order valence-electron chi connectivity index (χ0n) is 15.6. The van der Waals surface area contributed by atoms with Crippen LogP contribution in [0.15, 0.2) is 0 Å². The maximum atomic E-state index is 2.74. The molecule has 0 bridgehead atoms. The van der Waals surface area contributed by atoms with Gasteiger partial charge in [0.15, 0.2) is 0 Å². The van der Waals surface area contributed by atoms with E-state index < -0.39 is 23.2 Å². The van der Waals surface area contributed by atoms with Crippen molar-refractivity contribution in [2.24, 2.45) is 0 Å². The van der Waals surface area contributed by atoms with Gasteiger partial charge in [-0.05, 0) is 5.04 Å². The third-order valence-electron chi connectivity index (χ3n) is 5.51. The van der Waals surface area contributed by atoms with Gasteiger partial charge in [0, 0.05) is 0 Å². The van der Waals surface area contributed by atoms with Crippen LogP contribution in [0.3, 0.4) is 0 Å². The van der Waals surface area contributed by atoms with Crippen LogP contribution in [0.1, 0.15) is 41.5 Å². The average molecular weight is 335 g/mol. The lowest BCUT2D eigenvalue weighted by molar-refractivity contribution is 0.736. The Hall–Kier alpha value is 1.08. The first-order valence-electron chi connectivity index (χ1n) is 8.10. The Labute approximate surface area is 127 Å². The van der Waals surface area contributed by atoms with Gasteiger partial charge in [-0.25, -0.2) is 0 Å². The molecule has 0 radical (unpaired) electrons. The fourth-order valence-corrected chi connectivity index (χ4v) is 82.0. The molecule has 0 saturated heterocycles. The molecule has 1 atom stereocenters. The molecule has 1 unspecified atom stereocenters. The summed E-state index contributed by atoms with van der Waals surface area (Å²) < 4.78 is 0. The summed E-state index contributed by atoms with van der Waals surface area (Å²) in [6.07, 6.45) is 0. The third kappa shape index (κ3) is 4.05. The van der Waals surface area contributed by atoms with E-state index in [1.54, 1.807) is 0 Å². The summed E-state index contributed by atoms with van der Waals surface area (Å²) in [6, 6.07) is 4.59. The molecule has 0 saturated carbocycles. The van der Waals surface area contributed by atoms with Crippen LogP contribution in [0.5, 0.6) is 0 Å². The van der Waals surface area contributed by atoms with Gasteiger partial charge >= 0.3 is 0 Å². The van der Waals surface area contributed by atoms with Crippen LogP contribution in [-0.4, -0.2) is 23.2 Å². The average Bonchev–Trinajstić information content (AvgIpc) is 2.22. The van der Waals surface area contributed by atoms with Crippen molar-refractivity contribution in [3.8, 4) is 0 Å². The van der Waals surface area contributed by atoms with Crippen LogP contribution in [0.25, 0.3) is 0 Å². The summed E-state index contributed by atoms with van der Waals surface area (Å²) in [5.41, 5.74) is 0. The van der Waals surface area contributed by atoms with Gasteiger partial charge in [-0.1, -0.05) is 92.4 Å². The summed E-state index contributed by atoms with van der Waals surface area (Å²) in [6.45, 7) is 29.0. The fourth-order valence-electron chi connectivity index (χ4n) is 3.70. The van der Waals surface area contributed by atoms with Gasteiger partial charge in [0.05, 0.1) is 23.2 Å². The highest BCUT2D eigenvalue weighted by molar-refractivity contribution is 8.37. The highest BCUT2D eigenvalue weighted by atomic mass is 31.8. The van der Waals surface area contributed by atoms with E-state index in [4.69, 9.17) is 0 Å². The van der Waals surface area contributed by atoms with E-state index in [2.05, 4.69) is 74.3 Å². The van der Waals surface area contributed by atoms with E-state index in [0.717, 1.165) is 0 Å². The molecule has 0 aliphatic rings. The normalized spacial score (nSPS) is 16.6. The van der Waals surface area contributed by atoms with Crippen LogP contribution in [-0.2, 0) is 0 Å². The van der Waals surface area contributed by atoms with E-state index in [-0.39, 0.29) is 0 Å². The van der Waals surface area contributed by atoms with E-state index in [1.807, 2.05) is 0 Å². The first-order valence-corrected chi connectivity index (χ1v) is 21.1. The molecule has 0 aliphatic carbocycles. The Morgan fingerprint density at radius 3 is 1.21 bits per heavy atom. The Morgan fingerprint density at radius 1 is 0.737 bits per heavy atom. The van der Waals surface area contributed by atoms with Gasteiger partial charge in [-0.2, -0.15) is 0 Å². The monoisotopic (exact) mass is 334 g/mol. The Balaban J connectivity index is 5.99. The number of rotatable bonds is 6. The summed E-state index contributed by atoms with van der Waals surface area (Å²) in [5.74, 6) is 0. The van der Waals surface area contributed by atoms with Gasteiger partial charge < -0.3 is 0 Å². The van der Waals surface area contributed by atoms with E-state index >= 15 is 0 Å². The summed E-state index contributed by atoms with van der Waals surface area (Å²) in [4.78, 5) is 0. The molecule has 4 heteroatoms. The van der Waals surface area contributed by atoms with Crippen molar-refractivity contribution in [1.82, 2.24) is 0 Å². The minimum Gasteiger partial charge on any atom is -0.139 e. The molecular formula is C15H39PSi3. The lowest BCUT2D eigenvalue weighted by Crippen LogP contribution is -2.52. The van der Waals surface area contributed by atoms with Crippen LogP contribution in [0.2, 0.25) is 55.9 Å². The van der Waals surface area contributed by atoms with Crippen molar-refractivity contribution in [2.75, 3.05) is 0 Å². The SMILES string of the molecule is CC[Si](CC)(CC)P([Si](C)(C)C)[Si](C)(C)C(C)(C)C. The predicted octanol–water partition coefficient (Wildman–Crippen LogP) is 7.31. The van der Waals surface area contributed by atoms with Crippen molar-refractivity contribution in [2.45, 2.75) is 97.4 Å². The number of hydrogen-bond acceptors (Lipinski definition) is 0. The maximum Gasteiger partial charge on any atom is 0.0725 e. The highest BCUT2D eigenvalue weighted by Crippen LogP contribution is 2.70. The molecule has 0 aliphatic heterocycles. The largest absolute Gasteiger partial charge is 0.139 e. The van der Waals surface area contributed by atoms with Crippen molar-refractivity contribution >= 4 is 29.8 Å². The summed E-state index contributed by atoms with van der Waals surface area (Å²) in [5, 5.41) is 0.566. The van der Waals surface area contributed by atoms with E-state index in [9.17, 15) is 0 Å². The van der Waals surface area contributed by atoms with Gasteiger partial charge in [0.25, 0.3) is 0 Å². The minimum atomic E-state index is -1.18. The van der Waals surface area contributed by atoms with Gasteiger partial charge in [0.2, 0.25) is 0 Å². The van der Waals surface area contributed by atoms with Gasteiger partial charge in [-0.3, -0.25) is 0 Å². The van der Waals surface area contributed by atoms with Crippen LogP contribution < -0.4 is 0 Å². The predicted molar refractivity (Wildman–Crippen MR) is 105 cm³/mol. The van der Waals surface area contributed by atoms with Crippen LogP contribution in [0, 0.1) is 0 Å². The Morgan fingerprint density at radius 2 is 1.05 bits per heavy atom. The smallest absolute Gasteiger partial charge is 0.0725 e. The second kappa shape index (κ2) is 6.46. The van der Waals surface area contributed by atoms with Crippen molar-refractivity contribution in [3.05, 3.63) is 0 Å².